The van der Waals surface area contributed by atoms with Gasteiger partial charge in [0.2, 0.25) is 0 Å². The predicted molar refractivity (Wildman–Crippen MR) is 97.6 cm³/mol. The fourth-order valence-electron chi connectivity index (χ4n) is 2.72. The molecule has 23 heavy (non-hydrogen) atoms. The molecule has 0 fully saturated rings. The van der Waals surface area contributed by atoms with E-state index in [1.54, 1.807) is 23.1 Å². The van der Waals surface area contributed by atoms with Crippen molar-refractivity contribution < 1.29 is 4.79 Å². The molecule has 122 valence electrons. The lowest BCUT2D eigenvalue weighted by atomic mass is 10.2. The van der Waals surface area contributed by atoms with Gasteiger partial charge in [-0.25, -0.2) is 4.98 Å². The Labute approximate surface area is 145 Å². The monoisotopic (exact) mass is 347 g/mol. The molecule has 0 bridgehead atoms. The van der Waals surface area contributed by atoms with Crippen LogP contribution >= 0.6 is 23.1 Å². The Hall–Kier alpha value is -1.37. The third-order valence-electron chi connectivity index (χ3n) is 3.92. The standard InChI is InChI=1S/C17H21N3OS2/c1-3-9-20-10-8-14-15(11-20)23-17(18-14)19-16(21)12-4-6-13(22-2)7-5-12/h4-7H,3,8-11H2,1-2H3,(H,18,19,21). The first-order valence-electron chi connectivity index (χ1n) is 7.86. The number of thioether (sulfide) groups is 1. The Bertz CT molecular complexity index is 682. The summed E-state index contributed by atoms with van der Waals surface area (Å²) in [4.78, 5) is 21.8. The van der Waals surface area contributed by atoms with Crippen LogP contribution in [0.1, 0.15) is 34.3 Å². The van der Waals surface area contributed by atoms with Gasteiger partial charge in [-0.1, -0.05) is 6.92 Å². The van der Waals surface area contributed by atoms with E-state index in [-0.39, 0.29) is 5.91 Å². The summed E-state index contributed by atoms with van der Waals surface area (Å²) < 4.78 is 0. The number of fused-ring (bicyclic) bond motifs is 1. The Kier molecular flexibility index (Phi) is 5.35. The zero-order chi connectivity index (χ0) is 16.2. The lowest BCUT2D eigenvalue weighted by molar-refractivity contribution is 0.102. The van der Waals surface area contributed by atoms with Crippen LogP contribution in [0, 0.1) is 0 Å². The molecule has 0 atom stereocenters. The normalized spacial score (nSPS) is 14.5. The minimum absolute atomic E-state index is 0.0887. The second-order valence-corrected chi connectivity index (χ2v) is 7.56. The van der Waals surface area contributed by atoms with Crippen molar-refractivity contribution in [1.82, 2.24) is 9.88 Å². The second kappa shape index (κ2) is 7.47. The number of amides is 1. The molecule has 1 aromatic carbocycles. The van der Waals surface area contributed by atoms with Crippen molar-refractivity contribution in [2.45, 2.75) is 31.2 Å². The molecule has 2 aromatic rings. The van der Waals surface area contributed by atoms with Gasteiger partial charge in [-0.15, -0.1) is 23.1 Å². The van der Waals surface area contributed by atoms with Crippen molar-refractivity contribution in [3.05, 3.63) is 40.4 Å². The average Bonchev–Trinajstić information content (AvgIpc) is 2.96. The number of anilines is 1. The van der Waals surface area contributed by atoms with E-state index in [9.17, 15) is 4.79 Å². The van der Waals surface area contributed by atoms with Gasteiger partial charge >= 0.3 is 0 Å². The molecular formula is C17H21N3OS2. The second-order valence-electron chi connectivity index (χ2n) is 5.60. The van der Waals surface area contributed by atoms with E-state index in [2.05, 4.69) is 22.1 Å². The van der Waals surface area contributed by atoms with Gasteiger partial charge in [-0.2, -0.15) is 0 Å². The predicted octanol–water partition coefficient (Wildman–Crippen LogP) is 3.89. The molecule has 0 unspecified atom stereocenters. The van der Waals surface area contributed by atoms with Gasteiger partial charge in [-0.3, -0.25) is 15.0 Å². The Balaban J connectivity index is 1.67. The van der Waals surface area contributed by atoms with Crippen LogP contribution in [0.2, 0.25) is 0 Å². The highest BCUT2D eigenvalue weighted by Crippen LogP contribution is 2.28. The lowest BCUT2D eigenvalue weighted by Gasteiger charge is -2.24. The van der Waals surface area contributed by atoms with Gasteiger partial charge in [0.15, 0.2) is 5.13 Å². The van der Waals surface area contributed by atoms with Crippen molar-refractivity contribution in [2.24, 2.45) is 0 Å². The third kappa shape index (κ3) is 3.94. The summed E-state index contributed by atoms with van der Waals surface area (Å²) in [7, 11) is 0. The highest BCUT2D eigenvalue weighted by Gasteiger charge is 2.21. The van der Waals surface area contributed by atoms with E-state index >= 15 is 0 Å². The summed E-state index contributed by atoms with van der Waals surface area (Å²) in [5.41, 5.74) is 1.82. The van der Waals surface area contributed by atoms with Crippen LogP contribution in [0.15, 0.2) is 29.2 Å². The number of benzene rings is 1. The van der Waals surface area contributed by atoms with Gasteiger partial charge < -0.3 is 0 Å². The van der Waals surface area contributed by atoms with Crippen LogP contribution in [0.4, 0.5) is 5.13 Å². The minimum Gasteiger partial charge on any atom is -0.298 e. The molecule has 1 aliphatic rings. The van der Waals surface area contributed by atoms with E-state index in [0.717, 1.165) is 36.6 Å². The van der Waals surface area contributed by atoms with Gasteiger partial charge in [0, 0.05) is 34.8 Å². The molecule has 0 saturated heterocycles. The largest absolute Gasteiger partial charge is 0.298 e. The smallest absolute Gasteiger partial charge is 0.257 e. The van der Waals surface area contributed by atoms with Crippen molar-refractivity contribution in [3.8, 4) is 0 Å². The van der Waals surface area contributed by atoms with Crippen LogP contribution in [0.3, 0.4) is 0 Å². The first-order valence-corrected chi connectivity index (χ1v) is 9.90. The number of rotatable bonds is 5. The third-order valence-corrected chi connectivity index (χ3v) is 5.66. The maximum absolute atomic E-state index is 12.3. The van der Waals surface area contributed by atoms with Crippen LogP contribution in [0.5, 0.6) is 0 Å². The number of nitrogens with one attached hydrogen (secondary N) is 1. The highest BCUT2D eigenvalue weighted by molar-refractivity contribution is 7.98. The van der Waals surface area contributed by atoms with Crippen LogP contribution < -0.4 is 5.32 Å². The van der Waals surface area contributed by atoms with E-state index in [4.69, 9.17) is 0 Å². The molecule has 1 N–H and O–H groups in total. The molecule has 0 spiro atoms. The molecule has 1 aromatic heterocycles. The summed E-state index contributed by atoms with van der Waals surface area (Å²) >= 11 is 3.28. The molecule has 0 saturated carbocycles. The number of carbonyl (C=O) groups is 1. The summed E-state index contributed by atoms with van der Waals surface area (Å²) in [6, 6.07) is 7.65. The average molecular weight is 348 g/mol. The van der Waals surface area contributed by atoms with Crippen LogP contribution in [-0.2, 0) is 13.0 Å². The van der Waals surface area contributed by atoms with E-state index in [1.165, 1.54) is 11.3 Å². The van der Waals surface area contributed by atoms with E-state index in [1.807, 2.05) is 30.5 Å². The van der Waals surface area contributed by atoms with Crippen LogP contribution in [-0.4, -0.2) is 35.1 Å². The maximum atomic E-state index is 12.3. The van der Waals surface area contributed by atoms with E-state index < -0.39 is 0 Å². The van der Waals surface area contributed by atoms with Gasteiger partial charge in [-0.05, 0) is 43.5 Å². The molecule has 1 aliphatic heterocycles. The topological polar surface area (TPSA) is 45.2 Å². The van der Waals surface area contributed by atoms with Crippen molar-refractivity contribution >= 4 is 34.1 Å². The summed E-state index contributed by atoms with van der Waals surface area (Å²) in [5.74, 6) is -0.0887. The van der Waals surface area contributed by atoms with Gasteiger partial charge in [0.05, 0.1) is 5.69 Å². The number of hydrogen-bond donors (Lipinski definition) is 1. The summed E-state index contributed by atoms with van der Waals surface area (Å²) in [5, 5.41) is 3.66. The van der Waals surface area contributed by atoms with Gasteiger partial charge in [0.25, 0.3) is 5.91 Å². The fourth-order valence-corrected chi connectivity index (χ4v) is 4.17. The molecule has 2 heterocycles. The number of aromatic nitrogens is 1. The number of hydrogen-bond acceptors (Lipinski definition) is 5. The number of carbonyl (C=O) groups excluding carboxylic acids is 1. The Morgan fingerprint density at radius 2 is 2.17 bits per heavy atom. The molecule has 6 heteroatoms. The molecular weight excluding hydrogens is 326 g/mol. The van der Waals surface area contributed by atoms with Crippen LogP contribution in [0.25, 0.3) is 0 Å². The summed E-state index contributed by atoms with van der Waals surface area (Å²) in [6.45, 7) is 5.35. The highest BCUT2D eigenvalue weighted by atomic mass is 32.2. The van der Waals surface area contributed by atoms with Crippen molar-refractivity contribution in [3.63, 3.8) is 0 Å². The first-order chi connectivity index (χ1) is 11.2. The fraction of sp³-hybridized carbons (Fsp3) is 0.412. The number of thiazole rings is 1. The number of nitrogens with zero attached hydrogens (tertiary/aromatic N) is 2. The van der Waals surface area contributed by atoms with Crippen molar-refractivity contribution in [2.75, 3.05) is 24.7 Å². The quantitative estimate of drug-likeness (QED) is 0.834. The van der Waals surface area contributed by atoms with E-state index in [0.29, 0.717) is 10.7 Å². The summed E-state index contributed by atoms with van der Waals surface area (Å²) in [6.07, 6.45) is 4.17. The zero-order valence-corrected chi connectivity index (χ0v) is 15.1. The zero-order valence-electron chi connectivity index (χ0n) is 13.5. The molecule has 3 rings (SSSR count). The minimum atomic E-state index is -0.0887. The molecule has 4 nitrogen and oxygen atoms in total. The SMILES string of the molecule is CCCN1CCc2nc(NC(=O)c3ccc(SC)cc3)sc2C1. The van der Waals surface area contributed by atoms with Crippen molar-refractivity contribution in [1.29, 1.82) is 0 Å². The maximum Gasteiger partial charge on any atom is 0.257 e. The molecule has 1 amide bonds. The Morgan fingerprint density at radius 3 is 2.87 bits per heavy atom. The first kappa shape index (κ1) is 16.5. The lowest BCUT2D eigenvalue weighted by Crippen LogP contribution is -2.30. The Morgan fingerprint density at radius 1 is 1.39 bits per heavy atom. The molecule has 0 aliphatic carbocycles. The molecule has 0 radical (unpaired) electrons. The van der Waals surface area contributed by atoms with Gasteiger partial charge in [0.1, 0.15) is 0 Å².